The van der Waals surface area contributed by atoms with E-state index in [0.717, 1.165) is 26.9 Å². The molecule has 0 aliphatic heterocycles. The van der Waals surface area contributed by atoms with Gasteiger partial charge in [-0.25, -0.2) is 4.39 Å². The molecule has 0 unspecified atom stereocenters. The maximum absolute atomic E-state index is 13.2. The summed E-state index contributed by atoms with van der Waals surface area (Å²) in [5, 5.41) is 4.51. The zero-order valence-electron chi connectivity index (χ0n) is 15.2. The van der Waals surface area contributed by atoms with Crippen LogP contribution in [0.3, 0.4) is 0 Å². The minimum atomic E-state index is -0.218. The van der Waals surface area contributed by atoms with Gasteiger partial charge in [0.15, 0.2) is 0 Å². The molecule has 0 radical (unpaired) electrons. The summed E-state index contributed by atoms with van der Waals surface area (Å²) in [6.45, 7) is 4.87. The normalized spacial score (nSPS) is 10.9. The van der Waals surface area contributed by atoms with Crippen molar-refractivity contribution in [1.29, 1.82) is 0 Å². The van der Waals surface area contributed by atoms with E-state index >= 15 is 0 Å². The molecule has 0 aliphatic carbocycles. The third-order valence-electron chi connectivity index (χ3n) is 4.60. The third kappa shape index (κ3) is 4.15. The van der Waals surface area contributed by atoms with Crippen LogP contribution in [0.1, 0.15) is 11.1 Å². The Bertz CT molecular complexity index is 1120. The quantitative estimate of drug-likeness (QED) is 0.393. The highest BCUT2D eigenvalue weighted by atomic mass is 79.9. The molecule has 0 saturated carbocycles. The molecule has 4 aromatic rings. The minimum absolute atomic E-state index is 0.218. The molecule has 0 saturated heterocycles. The number of nitrogens with zero attached hydrogens (tertiary/aromatic N) is 2. The minimum Gasteiger partial charge on any atom is -0.359 e. The standard InChI is InChI=1S/C23H19BrFN3/c1-16(27-21-8-10-26-11-9-21)12-18-15-28(14-17-2-5-20(25)6-3-17)23-7-4-19(24)13-22(18)23/h2-11,13,15H,1,12,14H2,(H,26,27). The van der Waals surface area contributed by atoms with E-state index < -0.39 is 0 Å². The van der Waals surface area contributed by atoms with Crippen molar-refractivity contribution in [2.45, 2.75) is 13.0 Å². The second kappa shape index (κ2) is 7.98. The molecule has 2 aromatic carbocycles. The summed E-state index contributed by atoms with van der Waals surface area (Å²) in [4.78, 5) is 4.03. The van der Waals surface area contributed by atoms with Crippen molar-refractivity contribution in [1.82, 2.24) is 9.55 Å². The van der Waals surface area contributed by atoms with Gasteiger partial charge in [0.2, 0.25) is 0 Å². The molecule has 0 spiro atoms. The smallest absolute Gasteiger partial charge is 0.123 e. The van der Waals surface area contributed by atoms with E-state index in [0.29, 0.717) is 13.0 Å². The van der Waals surface area contributed by atoms with E-state index in [1.165, 1.54) is 23.1 Å². The topological polar surface area (TPSA) is 29.9 Å². The van der Waals surface area contributed by atoms with Gasteiger partial charge in [0.1, 0.15) is 5.82 Å². The Labute approximate surface area is 171 Å². The molecule has 140 valence electrons. The van der Waals surface area contributed by atoms with E-state index in [9.17, 15) is 4.39 Å². The summed E-state index contributed by atoms with van der Waals surface area (Å²) in [5.41, 5.74) is 5.26. The van der Waals surface area contributed by atoms with Gasteiger partial charge in [-0.1, -0.05) is 34.6 Å². The number of hydrogen-bond donors (Lipinski definition) is 1. The number of hydrogen-bond acceptors (Lipinski definition) is 2. The highest BCUT2D eigenvalue weighted by molar-refractivity contribution is 9.10. The zero-order chi connectivity index (χ0) is 19.5. The first kappa shape index (κ1) is 18.4. The first-order chi connectivity index (χ1) is 13.6. The number of pyridine rings is 1. The second-order valence-electron chi connectivity index (χ2n) is 6.71. The molecule has 1 N–H and O–H groups in total. The Morgan fingerprint density at radius 3 is 2.57 bits per heavy atom. The van der Waals surface area contributed by atoms with Crippen molar-refractivity contribution in [3.8, 4) is 0 Å². The molecular formula is C23H19BrFN3. The molecule has 28 heavy (non-hydrogen) atoms. The van der Waals surface area contributed by atoms with E-state index in [2.05, 4.69) is 55.7 Å². The molecule has 5 heteroatoms. The van der Waals surface area contributed by atoms with Gasteiger partial charge in [0.25, 0.3) is 0 Å². The third-order valence-corrected chi connectivity index (χ3v) is 5.09. The Morgan fingerprint density at radius 2 is 1.82 bits per heavy atom. The van der Waals surface area contributed by atoms with Crippen LogP contribution in [0.5, 0.6) is 0 Å². The Morgan fingerprint density at radius 1 is 1.07 bits per heavy atom. The van der Waals surface area contributed by atoms with Crippen molar-refractivity contribution >= 4 is 32.5 Å². The number of rotatable bonds is 6. The highest BCUT2D eigenvalue weighted by Crippen LogP contribution is 2.28. The van der Waals surface area contributed by atoms with Crippen LogP contribution < -0.4 is 5.32 Å². The fraction of sp³-hybridized carbons (Fsp3) is 0.0870. The van der Waals surface area contributed by atoms with Gasteiger partial charge in [-0.3, -0.25) is 4.98 Å². The predicted octanol–water partition coefficient (Wildman–Crippen LogP) is 6.15. The average Bonchev–Trinajstić information content (AvgIpc) is 3.00. The summed E-state index contributed by atoms with van der Waals surface area (Å²) in [5.74, 6) is -0.218. The first-order valence-corrected chi connectivity index (χ1v) is 9.74. The molecule has 0 aliphatic rings. The van der Waals surface area contributed by atoms with Crippen LogP contribution in [0.25, 0.3) is 10.9 Å². The van der Waals surface area contributed by atoms with Gasteiger partial charge in [-0.2, -0.15) is 0 Å². The van der Waals surface area contributed by atoms with Gasteiger partial charge in [0.05, 0.1) is 0 Å². The largest absolute Gasteiger partial charge is 0.359 e. The van der Waals surface area contributed by atoms with Crippen molar-refractivity contribution in [2.24, 2.45) is 0 Å². The van der Waals surface area contributed by atoms with E-state index in [1.807, 2.05) is 30.3 Å². The number of halogens is 2. The molecule has 4 rings (SSSR count). The first-order valence-electron chi connectivity index (χ1n) is 8.95. The molecule has 2 aromatic heterocycles. The molecule has 3 nitrogen and oxygen atoms in total. The predicted molar refractivity (Wildman–Crippen MR) is 116 cm³/mol. The molecule has 0 bridgehead atoms. The van der Waals surface area contributed by atoms with Crippen molar-refractivity contribution in [3.63, 3.8) is 0 Å². The van der Waals surface area contributed by atoms with Gasteiger partial charge in [-0.05, 0) is 53.6 Å². The monoisotopic (exact) mass is 435 g/mol. The summed E-state index contributed by atoms with van der Waals surface area (Å²) in [6.07, 6.45) is 6.36. The van der Waals surface area contributed by atoms with Crippen molar-refractivity contribution < 1.29 is 4.39 Å². The number of fused-ring (bicyclic) bond motifs is 1. The van der Waals surface area contributed by atoms with Crippen LogP contribution in [-0.4, -0.2) is 9.55 Å². The summed E-state index contributed by atoms with van der Waals surface area (Å²) in [7, 11) is 0. The Balaban J connectivity index is 1.63. The van der Waals surface area contributed by atoms with E-state index in [-0.39, 0.29) is 5.82 Å². The van der Waals surface area contributed by atoms with Crippen molar-refractivity contribution in [2.75, 3.05) is 5.32 Å². The zero-order valence-corrected chi connectivity index (χ0v) is 16.8. The van der Waals surface area contributed by atoms with Gasteiger partial charge < -0.3 is 9.88 Å². The van der Waals surface area contributed by atoms with Gasteiger partial charge in [0, 0.05) is 58.3 Å². The van der Waals surface area contributed by atoms with Crippen molar-refractivity contribution in [3.05, 3.63) is 107 Å². The fourth-order valence-corrected chi connectivity index (χ4v) is 3.68. The number of nitrogens with one attached hydrogen (secondary N) is 1. The second-order valence-corrected chi connectivity index (χ2v) is 7.63. The van der Waals surface area contributed by atoms with Crippen LogP contribution in [0.15, 0.2) is 89.9 Å². The highest BCUT2D eigenvalue weighted by Gasteiger charge is 2.11. The molecule has 0 fully saturated rings. The summed E-state index contributed by atoms with van der Waals surface area (Å²) < 4.78 is 16.5. The van der Waals surface area contributed by atoms with E-state index in [4.69, 9.17) is 0 Å². The van der Waals surface area contributed by atoms with Crippen LogP contribution in [0.2, 0.25) is 0 Å². The fourth-order valence-electron chi connectivity index (χ4n) is 3.31. The maximum Gasteiger partial charge on any atom is 0.123 e. The molecule has 0 atom stereocenters. The van der Waals surface area contributed by atoms with Crippen LogP contribution in [0.4, 0.5) is 10.1 Å². The lowest BCUT2D eigenvalue weighted by Gasteiger charge is -2.08. The molecular weight excluding hydrogens is 417 g/mol. The number of aromatic nitrogens is 2. The Kier molecular flexibility index (Phi) is 5.26. The maximum atomic E-state index is 13.2. The lowest BCUT2D eigenvalue weighted by Crippen LogP contribution is -2.01. The SMILES string of the molecule is C=C(Cc1cn(Cc2ccc(F)cc2)c2ccc(Br)cc12)Nc1ccncc1. The van der Waals surface area contributed by atoms with Gasteiger partial charge in [-0.15, -0.1) is 0 Å². The molecule has 2 heterocycles. The summed E-state index contributed by atoms with van der Waals surface area (Å²) >= 11 is 3.57. The van der Waals surface area contributed by atoms with E-state index in [1.54, 1.807) is 12.4 Å². The lowest BCUT2D eigenvalue weighted by atomic mass is 10.1. The van der Waals surface area contributed by atoms with Gasteiger partial charge >= 0.3 is 0 Å². The molecule has 0 amide bonds. The van der Waals surface area contributed by atoms with Crippen LogP contribution >= 0.6 is 15.9 Å². The number of benzene rings is 2. The lowest BCUT2D eigenvalue weighted by molar-refractivity contribution is 0.626. The number of anilines is 1. The van der Waals surface area contributed by atoms with Crippen LogP contribution in [-0.2, 0) is 13.0 Å². The number of allylic oxidation sites excluding steroid dienone is 1. The summed E-state index contributed by atoms with van der Waals surface area (Å²) in [6, 6.07) is 16.7. The Hall–Kier alpha value is -2.92. The average molecular weight is 436 g/mol. The van der Waals surface area contributed by atoms with Crippen LogP contribution in [0, 0.1) is 5.82 Å².